The van der Waals surface area contributed by atoms with E-state index in [9.17, 15) is 10.2 Å². The fraction of sp³-hybridized carbons (Fsp3) is 0.500. The minimum Gasteiger partial charge on any atom is -0.388 e. The number of aromatic nitrogens is 4. The van der Waals surface area contributed by atoms with E-state index < -0.39 is 18.4 Å². The molecule has 0 saturated carbocycles. The van der Waals surface area contributed by atoms with E-state index in [4.69, 9.17) is 10.5 Å². The fourth-order valence-corrected chi connectivity index (χ4v) is 2.07. The lowest BCUT2D eigenvalue weighted by atomic mass is 10.2. The number of nitrogen functional groups attached to an aromatic ring is 1. The van der Waals surface area contributed by atoms with Crippen LogP contribution in [-0.2, 0) is 4.74 Å². The first-order chi connectivity index (χ1) is 8.58. The predicted octanol–water partition coefficient (Wildman–Crippen LogP) is -1.03. The van der Waals surface area contributed by atoms with Gasteiger partial charge in [0, 0.05) is 0 Å². The summed E-state index contributed by atoms with van der Waals surface area (Å²) in [5.41, 5.74) is 6.69. The highest BCUT2D eigenvalue weighted by Crippen LogP contribution is 2.28. The van der Waals surface area contributed by atoms with Gasteiger partial charge in [-0.2, -0.15) is 0 Å². The molecule has 8 heteroatoms. The maximum atomic E-state index is 9.83. The Morgan fingerprint density at radius 2 is 2.22 bits per heavy atom. The van der Waals surface area contributed by atoms with Gasteiger partial charge >= 0.3 is 0 Å². The number of ether oxygens (including phenoxy) is 1. The summed E-state index contributed by atoms with van der Waals surface area (Å²) < 4.78 is 6.89. The summed E-state index contributed by atoms with van der Waals surface area (Å²) in [7, 11) is 0. The number of hydrogen-bond acceptors (Lipinski definition) is 7. The average molecular weight is 251 g/mol. The molecule has 2 aromatic rings. The van der Waals surface area contributed by atoms with Gasteiger partial charge in [-0.3, -0.25) is 4.57 Å². The van der Waals surface area contributed by atoms with Gasteiger partial charge in [0.15, 0.2) is 17.7 Å². The van der Waals surface area contributed by atoms with Crippen LogP contribution in [0.1, 0.15) is 12.1 Å². The van der Waals surface area contributed by atoms with Crippen molar-refractivity contribution >= 4 is 17.0 Å². The van der Waals surface area contributed by atoms with Crippen LogP contribution in [0.2, 0.25) is 0 Å². The van der Waals surface area contributed by atoms with Gasteiger partial charge in [-0.1, -0.05) is 0 Å². The average Bonchev–Trinajstić information content (AvgIpc) is 2.85. The number of aryl methyl sites for hydroxylation is 1. The van der Waals surface area contributed by atoms with Crippen molar-refractivity contribution in [3.63, 3.8) is 0 Å². The Bertz CT molecular complexity index is 598. The molecule has 0 radical (unpaired) electrons. The predicted molar refractivity (Wildman–Crippen MR) is 61.5 cm³/mol. The Hall–Kier alpha value is -1.77. The highest BCUT2D eigenvalue weighted by atomic mass is 16.5. The Morgan fingerprint density at radius 3 is 2.89 bits per heavy atom. The van der Waals surface area contributed by atoms with E-state index in [1.807, 2.05) is 0 Å². The zero-order valence-corrected chi connectivity index (χ0v) is 9.69. The highest BCUT2D eigenvalue weighted by Gasteiger charge is 2.36. The van der Waals surface area contributed by atoms with Crippen LogP contribution < -0.4 is 5.73 Å². The molecule has 0 amide bonds. The fourth-order valence-electron chi connectivity index (χ4n) is 2.07. The molecule has 8 nitrogen and oxygen atoms in total. The van der Waals surface area contributed by atoms with Crippen LogP contribution in [0, 0.1) is 6.92 Å². The van der Waals surface area contributed by atoms with Crippen molar-refractivity contribution in [3.8, 4) is 0 Å². The van der Waals surface area contributed by atoms with Crippen molar-refractivity contribution in [2.75, 3.05) is 12.3 Å². The van der Waals surface area contributed by atoms with E-state index in [0.717, 1.165) is 0 Å². The molecule has 4 N–H and O–H groups in total. The number of anilines is 1. The maximum absolute atomic E-state index is 9.83. The summed E-state index contributed by atoms with van der Waals surface area (Å²) in [4.78, 5) is 12.4. The molecule has 1 aliphatic heterocycles. The second-order valence-electron chi connectivity index (χ2n) is 4.26. The Morgan fingerprint density at radius 1 is 1.44 bits per heavy atom. The minimum atomic E-state index is -1.01. The van der Waals surface area contributed by atoms with Crippen molar-refractivity contribution in [1.29, 1.82) is 0 Å². The van der Waals surface area contributed by atoms with E-state index in [1.165, 1.54) is 6.33 Å². The Kier molecular flexibility index (Phi) is 2.44. The molecule has 3 rings (SSSR count). The lowest BCUT2D eigenvalue weighted by Crippen LogP contribution is -2.28. The van der Waals surface area contributed by atoms with Gasteiger partial charge < -0.3 is 20.7 Å². The normalized spacial score (nSPS) is 28.1. The number of imidazole rings is 1. The second kappa shape index (κ2) is 3.87. The van der Waals surface area contributed by atoms with Crippen molar-refractivity contribution < 1.29 is 14.9 Å². The maximum Gasteiger partial charge on any atom is 0.167 e. The van der Waals surface area contributed by atoms with E-state index in [1.54, 1.807) is 11.5 Å². The molecule has 0 spiro atoms. The van der Waals surface area contributed by atoms with E-state index in [0.29, 0.717) is 17.0 Å². The third-order valence-electron chi connectivity index (χ3n) is 2.96. The summed E-state index contributed by atoms with van der Waals surface area (Å²) in [5, 5.41) is 19.3. The molecule has 0 aromatic carbocycles. The topological polar surface area (TPSA) is 119 Å². The van der Waals surface area contributed by atoms with Crippen LogP contribution in [0.15, 0.2) is 6.33 Å². The number of rotatable bonds is 1. The largest absolute Gasteiger partial charge is 0.388 e. The molecule has 2 aromatic heterocycles. The number of nitrogens with two attached hydrogens (primary N) is 1. The molecule has 0 aliphatic carbocycles. The molecule has 3 heterocycles. The molecular weight excluding hydrogens is 238 g/mol. The number of hydrogen-bond donors (Lipinski definition) is 3. The number of fused-ring (bicyclic) bond motifs is 1. The van der Waals surface area contributed by atoms with Crippen LogP contribution in [0.3, 0.4) is 0 Å². The smallest absolute Gasteiger partial charge is 0.167 e. The van der Waals surface area contributed by atoms with Gasteiger partial charge in [0.2, 0.25) is 0 Å². The van der Waals surface area contributed by atoms with Crippen molar-refractivity contribution in [1.82, 2.24) is 19.5 Å². The quantitative estimate of drug-likeness (QED) is 0.592. The first-order valence-electron chi connectivity index (χ1n) is 5.52. The highest BCUT2D eigenvalue weighted by molar-refractivity contribution is 5.81. The molecular formula is C10H13N5O3. The summed E-state index contributed by atoms with van der Waals surface area (Å²) in [6.07, 6.45) is -1.16. The van der Waals surface area contributed by atoms with Crippen molar-refractivity contribution in [2.45, 2.75) is 25.4 Å². The summed E-state index contributed by atoms with van der Waals surface area (Å²) in [6.45, 7) is 1.79. The van der Waals surface area contributed by atoms with Gasteiger partial charge in [0.05, 0.1) is 12.9 Å². The molecule has 1 aliphatic rings. The van der Waals surface area contributed by atoms with Gasteiger partial charge in [0.25, 0.3) is 0 Å². The number of nitrogens with zero attached hydrogens (tertiary/aromatic N) is 4. The lowest BCUT2D eigenvalue weighted by Gasteiger charge is -2.16. The van der Waals surface area contributed by atoms with Crippen LogP contribution in [0.5, 0.6) is 0 Å². The Labute approximate surface area is 102 Å². The van der Waals surface area contributed by atoms with E-state index in [2.05, 4.69) is 15.0 Å². The van der Waals surface area contributed by atoms with E-state index in [-0.39, 0.29) is 12.4 Å². The Balaban J connectivity index is 2.13. The summed E-state index contributed by atoms with van der Waals surface area (Å²) in [6, 6.07) is 0. The SMILES string of the molecule is Cc1nc(N)c2ncn([C@@H]3OC[C@H](O)[C@H]3O)c2n1. The molecule has 3 atom stereocenters. The van der Waals surface area contributed by atoms with Crippen molar-refractivity contribution in [3.05, 3.63) is 12.2 Å². The lowest BCUT2D eigenvalue weighted by molar-refractivity contribution is -0.0163. The molecule has 1 saturated heterocycles. The van der Waals surface area contributed by atoms with Crippen molar-refractivity contribution in [2.24, 2.45) is 0 Å². The molecule has 96 valence electrons. The first kappa shape index (κ1) is 11.3. The zero-order chi connectivity index (χ0) is 12.9. The van der Waals surface area contributed by atoms with Crippen LogP contribution in [0.25, 0.3) is 11.2 Å². The van der Waals surface area contributed by atoms with E-state index >= 15 is 0 Å². The monoisotopic (exact) mass is 251 g/mol. The molecule has 1 fully saturated rings. The van der Waals surface area contributed by atoms with Gasteiger partial charge in [0.1, 0.15) is 23.5 Å². The third-order valence-corrected chi connectivity index (χ3v) is 2.96. The first-order valence-corrected chi connectivity index (χ1v) is 5.52. The summed E-state index contributed by atoms with van der Waals surface area (Å²) in [5.74, 6) is 0.791. The molecule has 0 unspecified atom stereocenters. The molecule has 18 heavy (non-hydrogen) atoms. The van der Waals surface area contributed by atoms with Crippen LogP contribution in [0.4, 0.5) is 5.82 Å². The second-order valence-corrected chi connectivity index (χ2v) is 4.26. The number of aliphatic hydroxyl groups excluding tert-OH is 2. The van der Waals surface area contributed by atoms with Crippen LogP contribution >= 0.6 is 0 Å². The standard InChI is InChI=1S/C10H13N5O3/c1-4-13-8(11)6-9(14-4)15(3-12-6)10-7(17)5(16)2-18-10/h3,5,7,10,16-17H,2H2,1H3,(H2,11,13,14)/t5-,7+,10+/m0/s1. The van der Waals surface area contributed by atoms with Gasteiger partial charge in [-0.05, 0) is 6.92 Å². The zero-order valence-electron chi connectivity index (χ0n) is 9.69. The summed E-state index contributed by atoms with van der Waals surface area (Å²) >= 11 is 0. The van der Waals surface area contributed by atoms with Gasteiger partial charge in [-0.15, -0.1) is 0 Å². The van der Waals surface area contributed by atoms with Crippen LogP contribution in [-0.4, -0.2) is 48.5 Å². The number of aliphatic hydroxyl groups is 2. The van der Waals surface area contributed by atoms with Gasteiger partial charge in [-0.25, -0.2) is 15.0 Å². The third kappa shape index (κ3) is 1.54. The molecule has 0 bridgehead atoms. The minimum absolute atomic E-state index is 0.0745.